The highest BCUT2D eigenvalue weighted by molar-refractivity contribution is 5.81. The van der Waals surface area contributed by atoms with Gasteiger partial charge in [0.25, 0.3) is 0 Å². The van der Waals surface area contributed by atoms with Crippen LogP contribution in [0.4, 0.5) is 18.9 Å². The third kappa shape index (κ3) is 6.74. The zero-order chi connectivity index (χ0) is 22.3. The normalized spacial score (nSPS) is 12.1. The second-order valence-electron chi connectivity index (χ2n) is 6.94. The quantitative estimate of drug-likeness (QED) is 0.531. The lowest BCUT2D eigenvalue weighted by Crippen LogP contribution is -2.32. The van der Waals surface area contributed by atoms with Crippen molar-refractivity contribution in [3.8, 4) is 5.75 Å². The van der Waals surface area contributed by atoms with E-state index in [1.54, 1.807) is 12.4 Å². The van der Waals surface area contributed by atoms with Gasteiger partial charge in [-0.25, -0.2) is 0 Å². The molecule has 0 saturated carbocycles. The van der Waals surface area contributed by atoms with Crippen molar-refractivity contribution in [3.63, 3.8) is 0 Å². The summed E-state index contributed by atoms with van der Waals surface area (Å²) in [4.78, 5) is 16.2. The molecule has 1 amide bonds. The van der Waals surface area contributed by atoms with E-state index in [9.17, 15) is 18.0 Å². The molecule has 3 aromatic rings. The summed E-state index contributed by atoms with van der Waals surface area (Å²) in [5.74, 6) is 0.360. The fourth-order valence-corrected chi connectivity index (χ4v) is 2.87. The predicted octanol–water partition coefficient (Wildman–Crippen LogP) is 4.97. The fourth-order valence-electron chi connectivity index (χ4n) is 2.87. The molecule has 2 aromatic carbocycles. The van der Waals surface area contributed by atoms with Crippen LogP contribution in [0.2, 0.25) is 0 Å². The lowest BCUT2D eigenvalue weighted by Gasteiger charge is -2.16. The van der Waals surface area contributed by atoms with Crippen molar-refractivity contribution in [1.82, 2.24) is 10.3 Å². The summed E-state index contributed by atoms with van der Waals surface area (Å²) in [7, 11) is 0. The first-order valence-electron chi connectivity index (χ1n) is 9.63. The van der Waals surface area contributed by atoms with Crippen LogP contribution in [-0.2, 0) is 17.6 Å². The Kier molecular flexibility index (Phi) is 7.12. The van der Waals surface area contributed by atoms with E-state index in [1.165, 1.54) is 12.1 Å². The molecule has 0 aliphatic carbocycles. The second-order valence-corrected chi connectivity index (χ2v) is 6.94. The summed E-state index contributed by atoms with van der Waals surface area (Å²) in [6.07, 6.45) is -0.995. The smallest absolute Gasteiger partial charge is 0.416 e. The number of aromatic nitrogens is 1. The van der Waals surface area contributed by atoms with Gasteiger partial charge in [0.1, 0.15) is 12.4 Å². The summed E-state index contributed by atoms with van der Waals surface area (Å²) < 4.78 is 44.0. The highest BCUT2D eigenvalue weighted by Gasteiger charge is 2.30. The number of carbonyl (C=O) groups excluding carboxylic acids is 1. The van der Waals surface area contributed by atoms with Crippen LogP contribution in [0.3, 0.4) is 0 Å². The Morgan fingerprint density at radius 2 is 1.87 bits per heavy atom. The number of anilines is 1. The van der Waals surface area contributed by atoms with Crippen molar-refractivity contribution in [2.75, 3.05) is 11.9 Å². The lowest BCUT2D eigenvalue weighted by molar-refractivity contribution is -0.137. The standard InChI is InChI=1S/C23H22F3N3O2/c1-16(18-7-9-21(10-8-18)31-15-17-4-3-11-27-13-17)29-22(30)14-28-20-6-2-5-19(12-20)23(24,25)26/h2-13,16,28H,14-15H2,1H3,(H,29,30). The molecule has 3 rings (SSSR count). The van der Waals surface area contributed by atoms with Gasteiger partial charge in [-0.05, 0) is 48.9 Å². The van der Waals surface area contributed by atoms with Gasteiger partial charge < -0.3 is 15.4 Å². The third-order valence-corrected chi connectivity index (χ3v) is 4.53. The predicted molar refractivity (Wildman–Crippen MR) is 112 cm³/mol. The number of halogens is 3. The molecule has 0 radical (unpaired) electrons. The number of hydrogen-bond acceptors (Lipinski definition) is 4. The van der Waals surface area contributed by atoms with Crippen molar-refractivity contribution in [2.45, 2.75) is 25.7 Å². The lowest BCUT2D eigenvalue weighted by atomic mass is 10.1. The second kappa shape index (κ2) is 9.97. The third-order valence-electron chi connectivity index (χ3n) is 4.53. The maximum Gasteiger partial charge on any atom is 0.416 e. The molecule has 0 aliphatic heterocycles. The molecule has 1 heterocycles. The number of pyridine rings is 1. The summed E-state index contributed by atoms with van der Waals surface area (Å²) >= 11 is 0. The average molecular weight is 429 g/mol. The van der Waals surface area contributed by atoms with Crippen molar-refractivity contribution < 1.29 is 22.7 Å². The molecule has 5 nitrogen and oxygen atoms in total. The molecule has 0 bridgehead atoms. The minimum atomic E-state index is -4.43. The number of nitrogens with one attached hydrogen (secondary N) is 2. The summed E-state index contributed by atoms with van der Waals surface area (Å²) in [5.41, 5.74) is 1.30. The minimum Gasteiger partial charge on any atom is -0.489 e. The Bertz CT molecular complexity index is 993. The van der Waals surface area contributed by atoms with E-state index in [-0.39, 0.29) is 24.2 Å². The molecule has 1 atom stereocenters. The summed E-state index contributed by atoms with van der Waals surface area (Å²) in [6.45, 7) is 2.09. The van der Waals surface area contributed by atoms with E-state index >= 15 is 0 Å². The summed E-state index contributed by atoms with van der Waals surface area (Å²) in [6, 6.07) is 15.6. The van der Waals surface area contributed by atoms with Crippen molar-refractivity contribution in [1.29, 1.82) is 0 Å². The van der Waals surface area contributed by atoms with Crippen molar-refractivity contribution >= 4 is 11.6 Å². The van der Waals surface area contributed by atoms with Crippen LogP contribution < -0.4 is 15.4 Å². The first kappa shape index (κ1) is 22.1. The maximum atomic E-state index is 12.8. The average Bonchev–Trinajstić information content (AvgIpc) is 2.77. The van der Waals surface area contributed by atoms with Gasteiger partial charge >= 0.3 is 6.18 Å². The maximum absolute atomic E-state index is 12.8. The summed E-state index contributed by atoms with van der Waals surface area (Å²) in [5, 5.41) is 5.53. The van der Waals surface area contributed by atoms with Gasteiger partial charge in [0, 0.05) is 23.6 Å². The molecule has 0 saturated heterocycles. The molecular formula is C23H22F3N3O2. The molecule has 162 valence electrons. The Morgan fingerprint density at radius 3 is 2.55 bits per heavy atom. The van der Waals surface area contributed by atoms with Gasteiger partial charge in [-0.3, -0.25) is 9.78 Å². The number of nitrogens with zero attached hydrogens (tertiary/aromatic N) is 1. The van der Waals surface area contributed by atoms with Gasteiger partial charge in [-0.15, -0.1) is 0 Å². The SMILES string of the molecule is CC(NC(=O)CNc1cccc(C(F)(F)F)c1)c1ccc(OCc2cccnc2)cc1. The van der Waals surface area contributed by atoms with Crippen LogP contribution in [0.5, 0.6) is 5.75 Å². The first-order valence-corrected chi connectivity index (χ1v) is 9.63. The fraction of sp³-hybridized carbons (Fsp3) is 0.217. The van der Waals surface area contributed by atoms with E-state index in [4.69, 9.17) is 4.74 Å². The van der Waals surface area contributed by atoms with Crippen LogP contribution in [0, 0.1) is 0 Å². The topological polar surface area (TPSA) is 63.2 Å². The Hall–Kier alpha value is -3.55. The molecule has 1 unspecified atom stereocenters. The first-order chi connectivity index (χ1) is 14.8. The highest BCUT2D eigenvalue weighted by atomic mass is 19.4. The van der Waals surface area contributed by atoms with Gasteiger partial charge in [0.2, 0.25) is 5.91 Å². The Balaban J connectivity index is 1.48. The van der Waals surface area contributed by atoms with Gasteiger partial charge in [-0.2, -0.15) is 13.2 Å². The van der Waals surface area contributed by atoms with E-state index < -0.39 is 11.7 Å². The van der Waals surface area contributed by atoms with Gasteiger partial charge in [0.15, 0.2) is 0 Å². The Labute approximate surface area is 178 Å². The molecular weight excluding hydrogens is 407 g/mol. The Morgan fingerprint density at radius 1 is 1.10 bits per heavy atom. The molecule has 8 heteroatoms. The molecule has 2 N–H and O–H groups in total. The number of carbonyl (C=O) groups is 1. The molecule has 0 aliphatic rings. The minimum absolute atomic E-state index is 0.141. The van der Waals surface area contributed by atoms with Crippen LogP contribution in [-0.4, -0.2) is 17.4 Å². The zero-order valence-electron chi connectivity index (χ0n) is 16.8. The number of benzene rings is 2. The number of rotatable bonds is 8. The monoisotopic (exact) mass is 429 g/mol. The van der Waals surface area contributed by atoms with E-state index in [0.717, 1.165) is 23.3 Å². The molecule has 1 aromatic heterocycles. The zero-order valence-corrected chi connectivity index (χ0v) is 16.8. The van der Waals surface area contributed by atoms with Crippen molar-refractivity contribution in [3.05, 3.63) is 89.7 Å². The van der Waals surface area contributed by atoms with Gasteiger partial charge in [0.05, 0.1) is 18.2 Å². The number of amides is 1. The number of hydrogen-bond donors (Lipinski definition) is 2. The highest BCUT2D eigenvalue weighted by Crippen LogP contribution is 2.30. The largest absolute Gasteiger partial charge is 0.489 e. The number of alkyl halides is 3. The van der Waals surface area contributed by atoms with E-state index in [1.807, 2.05) is 43.3 Å². The molecule has 0 fully saturated rings. The molecule has 31 heavy (non-hydrogen) atoms. The van der Waals surface area contributed by atoms with Crippen LogP contribution in [0.25, 0.3) is 0 Å². The van der Waals surface area contributed by atoms with Gasteiger partial charge in [-0.1, -0.05) is 24.3 Å². The number of ether oxygens (including phenoxy) is 1. The van der Waals surface area contributed by atoms with Crippen molar-refractivity contribution in [2.24, 2.45) is 0 Å². The van der Waals surface area contributed by atoms with Crippen LogP contribution in [0.1, 0.15) is 29.7 Å². The van der Waals surface area contributed by atoms with E-state index in [0.29, 0.717) is 12.4 Å². The van der Waals surface area contributed by atoms with Crippen LogP contribution >= 0.6 is 0 Å². The van der Waals surface area contributed by atoms with E-state index in [2.05, 4.69) is 15.6 Å². The molecule has 0 spiro atoms. The van der Waals surface area contributed by atoms with Crippen LogP contribution in [0.15, 0.2) is 73.1 Å².